The van der Waals surface area contributed by atoms with Crippen LogP contribution >= 0.6 is 0 Å². The van der Waals surface area contributed by atoms with Gasteiger partial charge in [-0.1, -0.05) is 0 Å². The Labute approximate surface area is 72.5 Å². The fourth-order valence-corrected chi connectivity index (χ4v) is 0.351. The van der Waals surface area contributed by atoms with Gasteiger partial charge >= 0.3 is 47.4 Å². The average molecular weight is 138 g/mol. The first-order chi connectivity index (χ1) is 3.70. The fourth-order valence-electron chi connectivity index (χ4n) is 0.351. The van der Waals surface area contributed by atoms with Gasteiger partial charge in [0.05, 0.1) is 0 Å². The van der Waals surface area contributed by atoms with E-state index in [0.29, 0.717) is 0 Å². The van der Waals surface area contributed by atoms with Crippen molar-refractivity contribution in [3.63, 3.8) is 0 Å². The molecule has 0 aromatic rings. The molecule has 1 aliphatic rings. The molecule has 44 valence electrons. The van der Waals surface area contributed by atoms with E-state index < -0.39 is 17.8 Å². The summed E-state index contributed by atoms with van der Waals surface area (Å²) >= 11 is 0. The van der Waals surface area contributed by atoms with Gasteiger partial charge in [-0.25, -0.2) is 4.79 Å². The van der Waals surface area contributed by atoms with Crippen molar-refractivity contribution >= 4 is 47.4 Å². The van der Waals surface area contributed by atoms with Crippen molar-refractivity contribution < 1.29 is 14.4 Å². The van der Waals surface area contributed by atoms with Gasteiger partial charge in [0.15, 0.2) is 0 Å². The van der Waals surface area contributed by atoms with E-state index >= 15 is 0 Å². The van der Waals surface area contributed by atoms with Crippen LogP contribution in [0.15, 0.2) is 0 Å². The summed E-state index contributed by atoms with van der Waals surface area (Å²) in [5.41, 5.74) is 0. The van der Waals surface area contributed by atoms with Gasteiger partial charge in [0, 0.05) is 0 Å². The normalized spacial score (nSPS) is 16.2. The molecular weight excluding hydrogens is 135 g/mol. The third kappa shape index (κ3) is 1.78. The quantitative estimate of drug-likeness (QED) is 0.224. The van der Waals surface area contributed by atoms with Gasteiger partial charge < -0.3 is 0 Å². The van der Waals surface area contributed by atoms with Crippen molar-refractivity contribution in [3.05, 3.63) is 0 Å². The number of amides is 4. The van der Waals surface area contributed by atoms with Crippen LogP contribution in [-0.2, 0) is 9.59 Å². The Kier molecular flexibility index (Phi) is 2.83. The van der Waals surface area contributed by atoms with Crippen molar-refractivity contribution in [1.29, 1.82) is 0 Å². The van der Waals surface area contributed by atoms with E-state index in [0.717, 1.165) is 0 Å². The first-order valence-corrected chi connectivity index (χ1v) is 1.86. The Morgan fingerprint density at radius 3 is 1.33 bits per heavy atom. The van der Waals surface area contributed by atoms with Crippen LogP contribution in [0.3, 0.4) is 0 Å². The standard InChI is InChI=1S/C3H2N2O3.Na.H/c6-1-2(7)5-3(8)4-1;;/h(H2,4,5,6,7,8);;. The minimum atomic E-state index is -0.894. The number of urea groups is 1. The van der Waals surface area contributed by atoms with Crippen molar-refractivity contribution in [2.75, 3.05) is 0 Å². The molecule has 0 unspecified atom stereocenters. The van der Waals surface area contributed by atoms with Crippen LogP contribution in [0.25, 0.3) is 0 Å². The molecule has 4 amide bonds. The molecule has 0 aliphatic carbocycles. The molecule has 1 aliphatic heterocycles. The van der Waals surface area contributed by atoms with Crippen molar-refractivity contribution in [1.82, 2.24) is 10.6 Å². The molecule has 2 N–H and O–H groups in total. The molecule has 0 saturated carbocycles. The summed E-state index contributed by atoms with van der Waals surface area (Å²) in [6, 6.07) is -0.750. The number of hydrogen-bond donors (Lipinski definition) is 2. The number of imide groups is 2. The number of hydrogen-bond acceptors (Lipinski definition) is 3. The Morgan fingerprint density at radius 1 is 0.889 bits per heavy atom. The number of rotatable bonds is 0. The molecule has 1 rings (SSSR count). The van der Waals surface area contributed by atoms with Crippen LogP contribution in [-0.4, -0.2) is 47.4 Å². The Bertz CT molecular complexity index is 160. The summed E-state index contributed by atoms with van der Waals surface area (Å²) in [4.78, 5) is 30.1. The van der Waals surface area contributed by atoms with Gasteiger partial charge in [-0.2, -0.15) is 0 Å². The molecule has 0 bridgehead atoms. The predicted octanol–water partition coefficient (Wildman–Crippen LogP) is -2.30. The third-order valence-corrected chi connectivity index (χ3v) is 0.660. The Hall–Kier alpha value is -0.390. The average Bonchev–Trinajstić information content (AvgIpc) is 1.85. The van der Waals surface area contributed by atoms with Gasteiger partial charge in [0.1, 0.15) is 0 Å². The summed E-state index contributed by atoms with van der Waals surface area (Å²) < 4.78 is 0. The van der Waals surface area contributed by atoms with Crippen LogP contribution in [0.4, 0.5) is 4.79 Å². The second kappa shape index (κ2) is 2.95. The Morgan fingerprint density at radius 2 is 1.22 bits per heavy atom. The van der Waals surface area contributed by atoms with E-state index in [4.69, 9.17) is 0 Å². The topological polar surface area (TPSA) is 75.3 Å². The molecule has 0 spiro atoms. The van der Waals surface area contributed by atoms with Crippen molar-refractivity contribution in [2.45, 2.75) is 0 Å². The monoisotopic (exact) mass is 138 g/mol. The molecule has 6 heteroatoms. The van der Waals surface area contributed by atoms with Crippen LogP contribution < -0.4 is 10.6 Å². The molecule has 5 nitrogen and oxygen atoms in total. The van der Waals surface area contributed by atoms with Crippen molar-refractivity contribution in [2.24, 2.45) is 0 Å². The SMILES string of the molecule is O=C1NC(=O)C(=O)N1.[NaH]. The number of carbonyl (C=O) groups is 3. The van der Waals surface area contributed by atoms with E-state index in [-0.39, 0.29) is 29.6 Å². The first kappa shape index (κ1) is 8.61. The predicted molar refractivity (Wildman–Crippen MR) is 28.8 cm³/mol. The third-order valence-electron chi connectivity index (χ3n) is 0.660. The zero-order chi connectivity index (χ0) is 6.15. The summed E-state index contributed by atoms with van der Waals surface area (Å²) in [5, 5.41) is 3.46. The molecule has 0 aromatic carbocycles. The zero-order valence-corrected chi connectivity index (χ0v) is 3.72. The molecule has 1 heterocycles. The second-order valence-electron chi connectivity index (χ2n) is 1.24. The van der Waals surface area contributed by atoms with Crippen LogP contribution in [0, 0.1) is 0 Å². The fraction of sp³-hybridized carbons (Fsp3) is 0. The second-order valence-corrected chi connectivity index (χ2v) is 1.24. The molecular formula is C3H3N2NaO3. The summed E-state index contributed by atoms with van der Waals surface area (Å²) in [7, 11) is 0. The van der Waals surface area contributed by atoms with E-state index in [9.17, 15) is 14.4 Å². The van der Waals surface area contributed by atoms with Gasteiger partial charge in [0.2, 0.25) is 0 Å². The van der Waals surface area contributed by atoms with Gasteiger partial charge in [-0.05, 0) is 0 Å². The van der Waals surface area contributed by atoms with Crippen molar-refractivity contribution in [3.8, 4) is 0 Å². The molecule has 1 saturated heterocycles. The first-order valence-electron chi connectivity index (χ1n) is 1.86. The van der Waals surface area contributed by atoms with E-state index in [1.165, 1.54) is 0 Å². The molecule has 0 radical (unpaired) electrons. The summed E-state index contributed by atoms with van der Waals surface area (Å²) in [6.45, 7) is 0. The molecule has 9 heavy (non-hydrogen) atoms. The van der Waals surface area contributed by atoms with Gasteiger partial charge in [-0.3, -0.25) is 20.2 Å². The molecule has 1 fully saturated rings. The van der Waals surface area contributed by atoms with E-state index in [1.54, 1.807) is 10.6 Å². The minimum absolute atomic E-state index is 0. The summed E-state index contributed by atoms with van der Waals surface area (Å²) in [6.07, 6.45) is 0. The van der Waals surface area contributed by atoms with E-state index in [1.807, 2.05) is 0 Å². The molecule has 0 atom stereocenters. The maximum atomic E-state index is 10.0. The Balaban J connectivity index is 0.000000640. The number of carbonyl (C=O) groups excluding carboxylic acids is 3. The van der Waals surface area contributed by atoms with Crippen LogP contribution in [0.5, 0.6) is 0 Å². The van der Waals surface area contributed by atoms with Gasteiger partial charge in [0.25, 0.3) is 0 Å². The van der Waals surface area contributed by atoms with Crippen LogP contribution in [0.1, 0.15) is 0 Å². The zero-order valence-electron chi connectivity index (χ0n) is 3.72. The maximum absolute atomic E-state index is 10.0. The summed E-state index contributed by atoms with van der Waals surface area (Å²) in [5.74, 6) is -1.79. The molecule has 0 aromatic heterocycles. The van der Waals surface area contributed by atoms with E-state index in [2.05, 4.69) is 0 Å². The van der Waals surface area contributed by atoms with Crippen LogP contribution in [0.2, 0.25) is 0 Å². The number of nitrogens with one attached hydrogen (secondary N) is 2. The van der Waals surface area contributed by atoms with Gasteiger partial charge in [-0.15, -0.1) is 0 Å².